The van der Waals surface area contributed by atoms with E-state index in [0.717, 1.165) is 16.0 Å². The van der Waals surface area contributed by atoms with Crippen LogP contribution in [0.4, 0.5) is 5.00 Å². The predicted octanol–water partition coefficient (Wildman–Crippen LogP) is 4.37. The van der Waals surface area contributed by atoms with Crippen molar-refractivity contribution in [2.75, 3.05) is 12.4 Å². The molecule has 4 nitrogen and oxygen atoms in total. The molecule has 0 unspecified atom stereocenters. The van der Waals surface area contributed by atoms with Crippen molar-refractivity contribution in [2.24, 2.45) is 0 Å². The molecular formula is C19H21NO3S. The third-order valence-corrected chi connectivity index (χ3v) is 4.76. The van der Waals surface area contributed by atoms with Gasteiger partial charge in [0.2, 0.25) is 5.91 Å². The van der Waals surface area contributed by atoms with E-state index in [4.69, 9.17) is 4.74 Å². The van der Waals surface area contributed by atoms with Crippen LogP contribution in [-0.4, -0.2) is 19.0 Å². The second kappa shape index (κ2) is 7.93. The first-order valence-corrected chi connectivity index (χ1v) is 8.54. The number of nitrogens with one attached hydrogen (secondary N) is 1. The molecule has 0 atom stereocenters. The van der Waals surface area contributed by atoms with Crippen LogP contribution in [0.25, 0.3) is 6.08 Å². The quantitative estimate of drug-likeness (QED) is 0.648. The molecule has 2 rings (SSSR count). The SMILES string of the molecule is CCc1c(C)sc(NC(=O)/C=C/c2ccc(C)cc2)c1C(=O)OC. The Bertz CT molecular complexity index is 773. The second-order valence-corrected chi connectivity index (χ2v) is 6.64. The third kappa shape index (κ3) is 4.11. The first-order chi connectivity index (χ1) is 11.5. The van der Waals surface area contributed by atoms with Crippen LogP contribution in [-0.2, 0) is 16.0 Å². The maximum absolute atomic E-state index is 12.2. The van der Waals surface area contributed by atoms with E-state index in [2.05, 4.69) is 5.32 Å². The summed E-state index contributed by atoms with van der Waals surface area (Å²) in [6, 6.07) is 7.87. The maximum atomic E-state index is 12.2. The van der Waals surface area contributed by atoms with Crippen molar-refractivity contribution in [1.29, 1.82) is 0 Å². The molecule has 0 saturated heterocycles. The van der Waals surface area contributed by atoms with E-state index in [1.807, 2.05) is 45.0 Å². The number of carbonyl (C=O) groups excluding carboxylic acids is 2. The van der Waals surface area contributed by atoms with Gasteiger partial charge in [-0.1, -0.05) is 36.8 Å². The van der Waals surface area contributed by atoms with Crippen LogP contribution in [0, 0.1) is 13.8 Å². The molecule has 2 aromatic rings. The lowest BCUT2D eigenvalue weighted by molar-refractivity contribution is -0.111. The molecule has 5 heteroatoms. The summed E-state index contributed by atoms with van der Waals surface area (Å²) in [5.41, 5.74) is 3.49. The standard InChI is InChI=1S/C19H21NO3S/c1-5-15-13(3)24-18(17(15)19(22)23-4)20-16(21)11-10-14-8-6-12(2)7-9-14/h6-11H,5H2,1-4H3,(H,20,21)/b11-10+. The summed E-state index contributed by atoms with van der Waals surface area (Å²) in [6.07, 6.45) is 3.92. The molecule has 0 bridgehead atoms. The summed E-state index contributed by atoms with van der Waals surface area (Å²) in [6.45, 7) is 5.93. The Kier molecular flexibility index (Phi) is 5.93. The number of benzene rings is 1. The summed E-state index contributed by atoms with van der Waals surface area (Å²) in [7, 11) is 1.34. The van der Waals surface area contributed by atoms with E-state index in [0.29, 0.717) is 17.0 Å². The van der Waals surface area contributed by atoms with Gasteiger partial charge in [0, 0.05) is 11.0 Å². The molecule has 0 radical (unpaired) electrons. The van der Waals surface area contributed by atoms with Gasteiger partial charge < -0.3 is 10.1 Å². The molecule has 0 aliphatic carbocycles. The van der Waals surface area contributed by atoms with Gasteiger partial charge in [-0.3, -0.25) is 4.79 Å². The fraction of sp³-hybridized carbons (Fsp3) is 0.263. The van der Waals surface area contributed by atoms with Gasteiger partial charge in [0.05, 0.1) is 12.7 Å². The Balaban J connectivity index is 2.19. The van der Waals surface area contributed by atoms with Crippen molar-refractivity contribution in [3.63, 3.8) is 0 Å². The molecule has 0 spiro atoms. The molecule has 0 aliphatic rings. The van der Waals surface area contributed by atoms with Crippen LogP contribution < -0.4 is 5.32 Å². The van der Waals surface area contributed by atoms with Gasteiger partial charge in [-0.15, -0.1) is 11.3 Å². The fourth-order valence-electron chi connectivity index (χ4n) is 2.41. The largest absolute Gasteiger partial charge is 0.465 e. The number of ether oxygens (including phenoxy) is 1. The van der Waals surface area contributed by atoms with Crippen LogP contribution in [0.5, 0.6) is 0 Å². The van der Waals surface area contributed by atoms with Crippen molar-refractivity contribution in [2.45, 2.75) is 27.2 Å². The van der Waals surface area contributed by atoms with Gasteiger partial charge in [0.15, 0.2) is 0 Å². The van der Waals surface area contributed by atoms with Crippen molar-refractivity contribution in [1.82, 2.24) is 0 Å². The lowest BCUT2D eigenvalue weighted by Crippen LogP contribution is -2.12. The lowest BCUT2D eigenvalue weighted by atomic mass is 10.1. The maximum Gasteiger partial charge on any atom is 0.341 e. The minimum Gasteiger partial charge on any atom is -0.465 e. The van der Waals surface area contributed by atoms with Gasteiger partial charge in [0.25, 0.3) is 0 Å². The van der Waals surface area contributed by atoms with Crippen molar-refractivity contribution in [3.8, 4) is 0 Å². The summed E-state index contributed by atoms with van der Waals surface area (Å²) in [5.74, 6) is -0.696. The lowest BCUT2D eigenvalue weighted by Gasteiger charge is -2.05. The number of thiophene rings is 1. The highest BCUT2D eigenvalue weighted by atomic mass is 32.1. The van der Waals surface area contributed by atoms with E-state index < -0.39 is 5.97 Å². The summed E-state index contributed by atoms with van der Waals surface area (Å²) in [5, 5.41) is 3.33. The molecule has 0 fully saturated rings. The Labute approximate surface area is 146 Å². The zero-order chi connectivity index (χ0) is 17.7. The molecule has 1 heterocycles. The topological polar surface area (TPSA) is 55.4 Å². The van der Waals surface area contributed by atoms with Gasteiger partial charge in [-0.05, 0) is 37.5 Å². The zero-order valence-electron chi connectivity index (χ0n) is 14.3. The van der Waals surface area contributed by atoms with Gasteiger partial charge in [-0.25, -0.2) is 4.79 Å². The molecule has 1 aromatic carbocycles. The van der Waals surface area contributed by atoms with Gasteiger partial charge in [0.1, 0.15) is 5.00 Å². The Hall–Kier alpha value is -2.40. The van der Waals surface area contributed by atoms with Gasteiger partial charge >= 0.3 is 5.97 Å². The number of carbonyl (C=O) groups is 2. The van der Waals surface area contributed by atoms with Crippen LogP contribution in [0.2, 0.25) is 0 Å². The predicted molar refractivity (Wildman–Crippen MR) is 98.6 cm³/mol. The number of anilines is 1. The number of methoxy groups -OCH3 is 1. The number of esters is 1. The molecule has 1 N–H and O–H groups in total. The minimum atomic E-state index is -0.422. The first kappa shape index (κ1) is 17.9. The number of rotatable bonds is 5. The van der Waals surface area contributed by atoms with E-state index >= 15 is 0 Å². The number of hydrogen-bond donors (Lipinski definition) is 1. The molecule has 1 amide bonds. The summed E-state index contributed by atoms with van der Waals surface area (Å²) in [4.78, 5) is 25.2. The van der Waals surface area contributed by atoms with Crippen LogP contribution in [0.1, 0.15) is 38.8 Å². The fourth-order valence-corrected chi connectivity index (χ4v) is 3.55. The Morgan fingerprint density at radius 3 is 2.46 bits per heavy atom. The highest BCUT2D eigenvalue weighted by Crippen LogP contribution is 2.34. The average Bonchev–Trinajstić information content (AvgIpc) is 2.88. The zero-order valence-corrected chi connectivity index (χ0v) is 15.1. The highest BCUT2D eigenvalue weighted by Gasteiger charge is 2.22. The third-order valence-electron chi connectivity index (χ3n) is 3.69. The van der Waals surface area contributed by atoms with Crippen molar-refractivity contribution < 1.29 is 14.3 Å². The molecule has 126 valence electrons. The smallest absolute Gasteiger partial charge is 0.341 e. The van der Waals surface area contributed by atoms with Crippen LogP contribution >= 0.6 is 11.3 Å². The molecule has 0 saturated carbocycles. The van der Waals surface area contributed by atoms with Crippen molar-refractivity contribution in [3.05, 3.63) is 57.5 Å². The van der Waals surface area contributed by atoms with Crippen LogP contribution in [0.15, 0.2) is 30.3 Å². The average molecular weight is 343 g/mol. The first-order valence-electron chi connectivity index (χ1n) is 7.72. The monoisotopic (exact) mass is 343 g/mol. The van der Waals surface area contributed by atoms with Crippen LogP contribution in [0.3, 0.4) is 0 Å². The summed E-state index contributed by atoms with van der Waals surface area (Å²) < 4.78 is 4.85. The Morgan fingerprint density at radius 2 is 1.88 bits per heavy atom. The summed E-state index contributed by atoms with van der Waals surface area (Å²) >= 11 is 1.39. The molecule has 24 heavy (non-hydrogen) atoms. The highest BCUT2D eigenvalue weighted by molar-refractivity contribution is 7.16. The van der Waals surface area contributed by atoms with Gasteiger partial charge in [-0.2, -0.15) is 0 Å². The van der Waals surface area contributed by atoms with E-state index in [9.17, 15) is 9.59 Å². The Morgan fingerprint density at radius 1 is 1.21 bits per heavy atom. The number of aryl methyl sites for hydroxylation is 2. The van der Waals surface area contributed by atoms with E-state index in [1.54, 1.807) is 6.08 Å². The van der Waals surface area contributed by atoms with E-state index in [-0.39, 0.29) is 5.91 Å². The second-order valence-electron chi connectivity index (χ2n) is 5.42. The van der Waals surface area contributed by atoms with E-state index in [1.165, 1.54) is 30.1 Å². The molecule has 1 aromatic heterocycles. The normalized spacial score (nSPS) is 10.8. The number of amides is 1. The molecule has 0 aliphatic heterocycles. The minimum absolute atomic E-state index is 0.273. The number of hydrogen-bond acceptors (Lipinski definition) is 4. The van der Waals surface area contributed by atoms with Crippen molar-refractivity contribution >= 4 is 34.3 Å². The molecular weight excluding hydrogens is 322 g/mol.